The molecule has 1 aromatic heterocycles. The molecule has 1 aromatic carbocycles. The number of hydrogen-bond donors (Lipinski definition) is 1. The zero-order valence-electron chi connectivity index (χ0n) is 11.2. The van der Waals surface area contributed by atoms with Crippen LogP contribution in [0.3, 0.4) is 0 Å². The van der Waals surface area contributed by atoms with E-state index in [0.29, 0.717) is 11.6 Å². The van der Waals surface area contributed by atoms with Gasteiger partial charge < -0.3 is 15.4 Å². The van der Waals surface area contributed by atoms with Crippen molar-refractivity contribution in [3.8, 4) is 5.75 Å². The van der Waals surface area contributed by atoms with Crippen LogP contribution in [0.1, 0.15) is 12.5 Å². The van der Waals surface area contributed by atoms with E-state index in [1.807, 2.05) is 18.2 Å². The fourth-order valence-electron chi connectivity index (χ4n) is 1.94. The Labute approximate surface area is 113 Å². The number of rotatable bonds is 5. The Kier molecular flexibility index (Phi) is 4.18. The summed E-state index contributed by atoms with van der Waals surface area (Å²) in [5.41, 5.74) is 7.03. The average Bonchev–Trinajstić information content (AvgIpc) is 2.45. The molecule has 0 bridgehead atoms. The highest BCUT2D eigenvalue weighted by Gasteiger charge is 2.15. The van der Waals surface area contributed by atoms with E-state index in [1.54, 1.807) is 7.11 Å². The molecular weight excluding hydrogens is 240 g/mol. The molecule has 5 nitrogen and oxygen atoms in total. The molecule has 0 spiro atoms. The normalized spacial score (nSPS) is 10.2. The Bertz CT molecular complexity index is 530. The Morgan fingerprint density at radius 2 is 1.95 bits per heavy atom. The molecule has 0 aliphatic carbocycles. The summed E-state index contributed by atoms with van der Waals surface area (Å²) in [5.74, 6) is 1.61. The molecule has 19 heavy (non-hydrogen) atoms. The van der Waals surface area contributed by atoms with E-state index in [1.165, 1.54) is 11.9 Å². The minimum Gasteiger partial charge on any atom is -0.490 e. The minimum absolute atomic E-state index is 0.360. The van der Waals surface area contributed by atoms with Gasteiger partial charge in [0.05, 0.1) is 7.11 Å². The first-order valence-corrected chi connectivity index (χ1v) is 6.19. The van der Waals surface area contributed by atoms with E-state index >= 15 is 0 Å². The van der Waals surface area contributed by atoms with Crippen molar-refractivity contribution in [2.75, 3.05) is 24.3 Å². The van der Waals surface area contributed by atoms with E-state index < -0.39 is 0 Å². The number of ether oxygens (including phenoxy) is 1. The summed E-state index contributed by atoms with van der Waals surface area (Å²) in [6, 6.07) is 10.2. The maximum absolute atomic E-state index is 5.81. The molecule has 2 aromatic rings. The van der Waals surface area contributed by atoms with Gasteiger partial charge in [-0.2, -0.15) is 0 Å². The lowest BCUT2D eigenvalue weighted by Gasteiger charge is -2.24. The topological polar surface area (TPSA) is 64.3 Å². The summed E-state index contributed by atoms with van der Waals surface area (Å²) in [6.45, 7) is 3.63. The number of hydrogen-bond acceptors (Lipinski definition) is 5. The second-order valence-electron chi connectivity index (χ2n) is 4.12. The van der Waals surface area contributed by atoms with Gasteiger partial charge in [-0.3, -0.25) is 0 Å². The molecule has 1 heterocycles. The summed E-state index contributed by atoms with van der Waals surface area (Å²) in [4.78, 5) is 10.3. The third-order valence-electron chi connectivity index (χ3n) is 2.91. The highest BCUT2D eigenvalue weighted by Crippen LogP contribution is 2.30. The monoisotopic (exact) mass is 258 g/mol. The predicted octanol–water partition coefficient (Wildman–Crippen LogP) is 2.09. The van der Waals surface area contributed by atoms with Crippen LogP contribution in [0.25, 0.3) is 0 Å². The second-order valence-corrected chi connectivity index (χ2v) is 4.12. The van der Waals surface area contributed by atoms with Gasteiger partial charge in [-0.15, -0.1) is 0 Å². The van der Waals surface area contributed by atoms with Crippen LogP contribution in [0.15, 0.2) is 36.7 Å². The molecule has 2 rings (SSSR count). The van der Waals surface area contributed by atoms with Gasteiger partial charge in [0.2, 0.25) is 5.75 Å². The number of anilines is 2. The first kappa shape index (κ1) is 13.1. The number of nitrogens with zero attached hydrogens (tertiary/aromatic N) is 3. The minimum atomic E-state index is 0.360. The standard InChI is InChI=1S/C14H18N4O/c1-3-18(9-11-7-5-4-6-8-11)14-12(19-2)13(15)16-10-17-14/h4-8,10H,3,9H2,1-2H3,(H2,15,16,17). The first-order valence-electron chi connectivity index (χ1n) is 6.19. The van der Waals surface area contributed by atoms with Crippen LogP contribution in [0, 0.1) is 0 Å². The Morgan fingerprint density at radius 1 is 1.21 bits per heavy atom. The molecule has 5 heteroatoms. The van der Waals surface area contributed by atoms with Gasteiger partial charge in [0.25, 0.3) is 0 Å². The zero-order chi connectivity index (χ0) is 13.7. The van der Waals surface area contributed by atoms with E-state index in [2.05, 4.69) is 33.9 Å². The van der Waals surface area contributed by atoms with Crippen molar-refractivity contribution >= 4 is 11.6 Å². The number of methoxy groups -OCH3 is 1. The van der Waals surface area contributed by atoms with Crippen LogP contribution in [0.4, 0.5) is 11.6 Å². The maximum Gasteiger partial charge on any atom is 0.204 e. The number of nitrogen functional groups attached to an aromatic ring is 1. The van der Waals surface area contributed by atoms with Gasteiger partial charge in [-0.25, -0.2) is 9.97 Å². The van der Waals surface area contributed by atoms with Gasteiger partial charge >= 0.3 is 0 Å². The van der Waals surface area contributed by atoms with Gasteiger partial charge in [0, 0.05) is 13.1 Å². The molecular formula is C14H18N4O. The van der Waals surface area contributed by atoms with E-state index in [9.17, 15) is 0 Å². The quantitative estimate of drug-likeness (QED) is 0.889. The van der Waals surface area contributed by atoms with Crippen LogP contribution in [0.5, 0.6) is 5.75 Å². The summed E-state index contributed by atoms with van der Waals surface area (Å²) < 4.78 is 5.30. The Morgan fingerprint density at radius 3 is 2.58 bits per heavy atom. The molecule has 0 aliphatic rings. The maximum atomic E-state index is 5.81. The predicted molar refractivity (Wildman–Crippen MR) is 76.2 cm³/mol. The Hall–Kier alpha value is -2.30. The molecule has 100 valence electrons. The first-order chi connectivity index (χ1) is 9.26. The molecule has 0 unspecified atom stereocenters. The van der Waals surface area contributed by atoms with E-state index in [-0.39, 0.29) is 0 Å². The molecule has 0 atom stereocenters. The van der Waals surface area contributed by atoms with Crippen LogP contribution >= 0.6 is 0 Å². The lowest BCUT2D eigenvalue weighted by atomic mass is 10.2. The second kappa shape index (κ2) is 6.04. The highest BCUT2D eigenvalue weighted by molar-refractivity contribution is 5.62. The van der Waals surface area contributed by atoms with Crippen molar-refractivity contribution in [3.05, 3.63) is 42.2 Å². The van der Waals surface area contributed by atoms with Crippen LogP contribution in [-0.2, 0) is 6.54 Å². The van der Waals surface area contributed by atoms with Crippen molar-refractivity contribution in [3.63, 3.8) is 0 Å². The van der Waals surface area contributed by atoms with Crippen molar-refractivity contribution in [2.24, 2.45) is 0 Å². The van der Waals surface area contributed by atoms with Gasteiger partial charge in [0.1, 0.15) is 6.33 Å². The van der Waals surface area contributed by atoms with Gasteiger partial charge in [-0.1, -0.05) is 30.3 Å². The summed E-state index contributed by atoms with van der Waals surface area (Å²) >= 11 is 0. The summed E-state index contributed by atoms with van der Waals surface area (Å²) in [6.07, 6.45) is 1.46. The highest BCUT2D eigenvalue weighted by atomic mass is 16.5. The lowest BCUT2D eigenvalue weighted by Crippen LogP contribution is -2.24. The summed E-state index contributed by atoms with van der Waals surface area (Å²) in [7, 11) is 1.58. The molecule has 0 aliphatic heterocycles. The molecule has 0 saturated carbocycles. The zero-order valence-corrected chi connectivity index (χ0v) is 11.2. The van der Waals surface area contributed by atoms with Crippen molar-refractivity contribution in [2.45, 2.75) is 13.5 Å². The van der Waals surface area contributed by atoms with Gasteiger partial charge in [-0.05, 0) is 12.5 Å². The molecule has 0 amide bonds. The van der Waals surface area contributed by atoms with E-state index in [0.717, 1.165) is 18.9 Å². The largest absolute Gasteiger partial charge is 0.490 e. The lowest BCUT2D eigenvalue weighted by molar-refractivity contribution is 0.412. The van der Waals surface area contributed by atoms with Crippen LogP contribution < -0.4 is 15.4 Å². The number of aromatic nitrogens is 2. The SMILES string of the molecule is CCN(Cc1ccccc1)c1ncnc(N)c1OC. The van der Waals surface area contributed by atoms with E-state index in [4.69, 9.17) is 10.5 Å². The summed E-state index contributed by atoms with van der Waals surface area (Å²) in [5, 5.41) is 0. The molecule has 0 saturated heterocycles. The van der Waals surface area contributed by atoms with Crippen LogP contribution in [-0.4, -0.2) is 23.6 Å². The number of benzene rings is 1. The average molecular weight is 258 g/mol. The fourth-order valence-corrected chi connectivity index (χ4v) is 1.94. The number of nitrogens with two attached hydrogens (primary N) is 1. The van der Waals surface area contributed by atoms with Crippen molar-refractivity contribution in [1.82, 2.24) is 9.97 Å². The van der Waals surface area contributed by atoms with Crippen LogP contribution in [0.2, 0.25) is 0 Å². The molecule has 0 fully saturated rings. The molecule has 0 radical (unpaired) electrons. The molecule has 2 N–H and O–H groups in total. The third-order valence-corrected chi connectivity index (χ3v) is 2.91. The Balaban J connectivity index is 2.30. The smallest absolute Gasteiger partial charge is 0.204 e. The van der Waals surface area contributed by atoms with Crippen molar-refractivity contribution < 1.29 is 4.74 Å². The fraction of sp³-hybridized carbons (Fsp3) is 0.286. The van der Waals surface area contributed by atoms with Gasteiger partial charge in [0.15, 0.2) is 11.6 Å². The van der Waals surface area contributed by atoms with Crippen molar-refractivity contribution in [1.29, 1.82) is 0 Å². The third kappa shape index (κ3) is 2.93.